The molecule has 49 heavy (non-hydrogen) atoms. The standard InChI is InChI=1S/C38H56N4O7/c1-9-10-11-12-16-23-42(34(45)29(25-31(39)43)41-36(47)49-38(6,7)8)32(28-21-19-26(2)20-22-28)33(44)40-30(35(46)48-37(3,4)5)24-27-17-14-13-15-18-27/h13-15,17-22,29-30,32H,9-12,16,23-25H2,1-8H3,(H2,39,43)(H,40,44)(H,41,47). The first-order valence-corrected chi connectivity index (χ1v) is 17.1. The highest BCUT2D eigenvalue weighted by Gasteiger charge is 2.38. The monoisotopic (exact) mass is 680 g/mol. The van der Waals surface area contributed by atoms with Crippen LogP contribution in [0.5, 0.6) is 0 Å². The quantitative estimate of drug-likeness (QED) is 0.143. The summed E-state index contributed by atoms with van der Waals surface area (Å²) in [6.07, 6.45) is 3.03. The topological polar surface area (TPSA) is 157 Å². The maximum Gasteiger partial charge on any atom is 0.408 e. The minimum absolute atomic E-state index is 0.134. The van der Waals surface area contributed by atoms with E-state index in [1.54, 1.807) is 53.7 Å². The van der Waals surface area contributed by atoms with Crippen molar-refractivity contribution < 1.29 is 33.4 Å². The number of benzene rings is 2. The molecule has 2 aromatic carbocycles. The fourth-order valence-corrected chi connectivity index (χ4v) is 5.19. The number of nitrogens with two attached hydrogens (primary N) is 1. The van der Waals surface area contributed by atoms with Gasteiger partial charge in [-0.15, -0.1) is 0 Å². The number of esters is 1. The van der Waals surface area contributed by atoms with E-state index in [1.165, 1.54) is 4.90 Å². The number of rotatable bonds is 17. The van der Waals surface area contributed by atoms with E-state index >= 15 is 0 Å². The Morgan fingerprint density at radius 3 is 1.92 bits per heavy atom. The Morgan fingerprint density at radius 2 is 1.37 bits per heavy atom. The number of carbonyl (C=O) groups excluding carboxylic acids is 5. The van der Waals surface area contributed by atoms with Crippen LogP contribution in [0.15, 0.2) is 54.6 Å². The van der Waals surface area contributed by atoms with E-state index in [4.69, 9.17) is 15.2 Å². The van der Waals surface area contributed by atoms with Crippen molar-refractivity contribution in [2.24, 2.45) is 5.73 Å². The van der Waals surface area contributed by atoms with Crippen LogP contribution in [0.4, 0.5) is 4.79 Å². The number of amides is 4. The van der Waals surface area contributed by atoms with Crippen LogP contribution in [0, 0.1) is 6.92 Å². The number of hydrogen-bond acceptors (Lipinski definition) is 7. The Morgan fingerprint density at radius 1 is 0.776 bits per heavy atom. The number of unbranched alkanes of at least 4 members (excludes halogenated alkanes) is 4. The molecule has 4 N–H and O–H groups in total. The summed E-state index contributed by atoms with van der Waals surface area (Å²) in [5, 5.41) is 5.40. The lowest BCUT2D eigenvalue weighted by molar-refractivity contribution is -0.159. The van der Waals surface area contributed by atoms with E-state index in [0.29, 0.717) is 12.0 Å². The zero-order chi connectivity index (χ0) is 36.8. The molecule has 0 aromatic heterocycles. The molecule has 0 fully saturated rings. The fourth-order valence-electron chi connectivity index (χ4n) is 5.19. The summed E-state index contributed by atoms with van der Waals surface area (Å²) in [6.45, 7) is 14.4. The van der Waals surface area contributed by atoms with Crippen molar-refractivity contribution in [3.63, 3.8) is 0 Å². The molecule has 3 unspecified atom stereocenters. The lowest BCUT2D eigenvalue weighted by Crippen LogP contribution is -2.55. The van der Waals surface area contributed by atoms with Gasteiger partial charge in [0.05, 0.1) is 6.42 Å². The van der Waals surface area contributed by atoms with Crippen LogP contribution >= 0.6 is 0 Å². The third-order valence-electron chi connectivity index (χ3n) is 7.42. The molecule has 270 valence electrons. The van der Waals surface area contributed by atoms with Crippen molar-refractivity contribution in [2.75, 3.05) is 6.54 Å². The number of nitrogens with zero attached hydrogens (tertiary/aromatic N) is 1. The number of aryl methyl sites for hydroxylation is 1. The molecule has 3 atom stereocenters. The minimum Gasteiger partial charge on any atom is -0.458 e. The van der Waals surface area contributed by atoms with Crippen LogP contribution < -0.4 is 16.4 Å². The Labute approximate surface area is 291 Å². The number of carbonyl (C=O) groups is 5. The Kier molecular flexibility index (Phi) is 15.8. The highest BCUT2D eigenvalue weighted by atomic mass is 16.6. The van der Waals surface area contributed by atoms with Crippen LogP contribution in [0.1, 0.15) is 110 Å². The van der Waals surface area contributed by atoms with Gasteiger partial charge in [0, 0.05) is 13.0 Å². The highest BCUT2D eigenvalue weighted by Crippen LogP contribution is 2.26. The first-order valence-electron chi connectivity index (χ1n) is 17.1. The summed E-state index contributed by atoms with van der Waals surface area (Å²) in [7, 11) is 0. The maximum atomic E-state index is 14.5. The summed E-state index contributed by atoms with van der Waals surface area (Å²) in [5.74, 6) is -2.74. The number of primary amides is 1. The number of ether oxygens (including phenoxy) is 2. The predicted molar refractivity (Wildman–Crippen MR) is 189 cm³/mol. The predicted octanol–water partition coefficient (Wildman–Crippen LogP) is 5.67. The number of nitrogens with one attached hydrogen (secondary N) is 2. The third-order valence-corrected chi connectivity index (χ3v) is 7.42. The van der Waals surface area contributed by atoms with Crippen molar-refractivity contribution >= 4 is 29.8 Å². The molecule has 4 amide bonds. The molecule has 0 heterocycles. The van der Waals surface area contributed by atoms with Crippen LogP contribution in [0.3, 0.4) is 0 Å². The van der Waals surface area contributed by atoms with E-state index in [-0.39, 0.29) is 13.0 Å². The smallest absolute Gasteiger partial charge is 0.408 e. The van der Waals surface area contributed by atoms with Crippen LogP contribution in [-0.4, -0.2) is 64.5 Å². The third kappa shape index (κ3) is 15.1. The van der Waals surface area contributed by atoms with Gasteiger partial charge in [-0.2, -0.15) is 0 Å². The van der Waals surface area contributed by atoms with Crippen LogP contribution in [0.25, 0.3) is 0 Å². The van der Waals surface area contributed by atoms with Gasteiger partial charge in [-0.3, -0.25) is 14.4 Å². The van der Waals surface area contributed by atoms with Crippen molar-refractivity contribution in [2.45, 2.75) is 130 Å². The normalized spacial score (nSPS) is 13.4. The van der Waals surface area contributed by atoms with E-state index in [2.05, 4.69) is 17.6 Å². The van der Waals surface area contributed by atoms with Gasteiger partial charge < -0.3 is 30.7 Å². The van der Waals surface area contributed by atoms with Gasteiger partial charge >= 0.3 is 12.1 Å². The van der Waals surface area contributed by atoms with Gasteiger partial charge in [-0.1, -0.05) is 92.8 Å². The van der Waals surface area contributed by atoms with E-state index < -0.39 is 65.5 Å². The molecule has 0 radical (unpaired) electrons. The molecule has 0 aliphatic rings. The second kappa shape index (κ2) is 19.0. The zero-order valence-electron chi connectivity index (χ0n) is 30.5. The van der Waals surface area contributed by atoms with Crippen molar-refractivity contribution in [1.82, 2.24) is 15.5 Å². The minimum atomic E-state index is -1.41. The molecule has 11 nitrogen and oxygen atoms in total. The Hall–Kier alpha value is -4.41. The van der Waals surface area contributed by atoms with Gasteiger partial charge in [0.1, 0.15) is 29.3 Å². The molecule has 11 heteroatoms. The number of hydrogen-bond donors (Lipinski definition) is 3. The maximum absolute atomic E-state index is 14.5. The molecule has 0 aliphatic heterocycles. The summed E-state index contributed by atoms with van der Waals surface area (Å²) in [4.78, 5) is 68.9. The largest absolute Gasteiger partial charge is 0.458 e. The summed E-state index contributed by atoms with van der Waals surface area (Å²) >= 11 is 0. The Balaban J connectivity index is 2.63. The average Bonchev–Trinajstić information content (AvgIpc) is 2.98. The van der Waals surface area contributed by atoms with Gasteiger partial charge in [0.15, 0.2) is 0 Å². The lowest BCUT2D eigenvalue weighted by atomic mass is 9.99. The Bertz CT molecular complexity index is 1380. The van der Waals surface area contributed by atoms with Crippen LogP contribution in [-0.2, 0) is 35.1 Å². The lowest BCUT2D eigenvalue weighted by Gasteiger charge is -2.35. The average molecular weight is 681 g/mol. The second-order valence-electron chi connectivity index (χ2n) is 14.4. The highest BCUT2D eigenvalue weighted by molar-refractivity contribution is 5.95. The zero-order valence-corrected chi connectivity index (χ0v) is 30.5. The van der Waals surface area contributed by atoms with Gasteiger partial charge in [-0.25, -0.2) is 9.59 Å². The van der Waals surface area contributed by atoms with Crippen LogP contribution in [0.2, 0.25) is 0 Å². The molecule has 0 bridgehead atoms. The first kappa shape index (κ1) is 40.8. The van der Waals surface area contributed by atoms with Gasteiger partial charge in [0.25, 0.3) is 0 Å². The van der Waals surface area contributed by atoms with E-state index in [9.17, 15) is 24.0 Å². The molecule has 0 aliphatic carbocycles. The van der Waals surface area contributed by atoms with Gasteiger partial charge in [0.2, 0.25) is 17.7 Å². The summed E-state index contributed by atoms with van der Waals surface area (Å²) < 4.78 is 11.1. The molecule has 2 rings (SSSR count). The van der Waals surface area contributed by atoms with E-state index in [1.807, 2.05) is 49.4 Å². The van der Waals surface area contributed by atoms with Crippen molar-refractivity contribution in [3.05, 3.63) is 71.3 Å². The molecule has 0 spiro atoms. The summed E-state index contributed by atoms with van der Waals surface area (Å²) in [6, 6.07) is 12.7. The fraction of sp³-hybridized carbons (Fsp3) is 0.553. The van der Waals surface area contributed by atoms with Gasteiger partial charge in [-0.05, 0) is 66.0 Å². The molecule has 2 aromatic rings. The molecular formula is C38H56N4O7. The molecule has 0 saturated carbocycles. The SMILES string of the molecule is CCCCCCCN(C(=O)C(CC(N)=O)NC(=O)OC(C)(C)C)C(C(=O)NC(Cc1ccccc1)C(=O)OC(C)(C)C)c1ccc(C)cc1. The first-order chi connectivity index (χ1) is 22.9. The number of alkyl carbamates (subject to hydrolysis) is 1. The van der Waals surface area contributed by atoms with Crippen molar-refractivity contribution in [3.8, 4) is 0 Å². The second-order valence-corrected chi connectivity index (χ2v) is 14.4. The summed E-state index contributed by atoms with van der Waals surface area (Å²) in [5.41, 5.74) is 6.09. The van der Waals surface area contributed by atoms with Crippen molar-refractivity contribution in [1.29, 1.82) is 0 Å². The molecule has 0 saturated heterocycles. The molecular weight excluding hydrogens is 624 g/mol. The van der Waals surface area contributed by atoms with E-state index in [0.717, 1.165) is 36.8 Å².